The van der Waals surface area contributed by atoms with Crippen molar-refractivity contribution in [3.8, 4) is 0 Å². The van der Waals surface area contributed by atoms with E-state index >= 15 is 0 Å². The normalized spacial score (nSPS) is 21.4. The number of hydrogen-bond acceptors (Lipinski definition) is 3. The number of carbonyl (C=O) groups excluding carboxylic acids is 1. The molecule has 0 atom stereocenters. The highest BCUT2D eigenvalue weighted by Gasteiger charge is 2.44. The van der Waals surface area contributed by atoms with Crippen LogP contribution < -0.4 is 0 Å². The number of methoxy groups -OCH3 is 1. The number of benzene rings is 1. The molecule has 0 N–H and O–H groups in total. The number of ether oxygens (including phenoxy) is 1. The van der Waals surface area contributed by atoms with E-state index in [1.165, 1.54) is 6.07 Å². The van der Waals surface area contributed by atoms with Crippen LogP contribution in [-0.4, -0.2) is 54.6 Å². The zero-order valence-electron chi connectivity index (χ0n) is 14.5. The molecule has 0 aliphatic carbocycles. The van der Waals surface area contributed by atoms with Gasteiger partial charge in [0.05, 0.1) is 6.61 Å². The average molecular weight is 334 g/mol. The summed E-state index contributed by atoms with van der Waals surface area (Å²) >= 11 is 0. The van der Waals surface area contributed by atoms with Crippen molar-refractivity contribution in [3.63, 3.8) is 0 Å². The highest BCUT2D eigenvalue weighted by molar-refractivity contribution is 5.78. The first-order valence-corrected chi connectivity index (χ1v) is 8.89. The molecule has 2 saturated heterocycles. The molecule has 0 saturated carbocycles. The Morgan fingerprint density at radius 3 is 2.75 bits per heavy atom. The fourth-order valence-corrected chi connectivity index (χ4v) is 4.11. The molecule has 1 spiro atoms. The Morgan fingerprint density at radius 1 is 1.25 bits per heavy atom. The van der Waals surface area contributed by atoms with Crippen molar-refractivity contribution in [1.29, 1.82) is 0 Å². The summed E-state index contributed by atoms with van der Waals surface area (Å²) in [7, 11) is 1.73. The largest absolute Gasteiger partial charge is 0.383 e. The molecule has 1 aromatic carbocycles. The van der Waals surface area contributed by atoms with Gasteiger partial charge in [-0.15, -0.1) is 0 Å². The summed E-state index contributed by atoms with van der Waals surface area (Å²) in [5.41, 5.74) is 0.831. The molecule has 0 bridgehead atoms. The van der Waals surface area contributed by atoms with Gasteiger partial charge >= 0.3 is 0 Å². The quantitative estimate of drug-likeness (QED) is 0.830. The highest BCUT2D eigenvalue weighted by atomic mass is 19.1. The van der Waals surface area contributed by atoms with E-state index in [1.54, 1.807) is 19.2 Å². The van der Waals surface area contributed by atoms with Gasteiger partial charge in [0.25, 0.3) is 0 Å². The Kier molecular flexibility index (Phi) is 5.51. The first kappa shape index (κ1) is 17.4. The molecule has 2 aliphatic heterocycles. The Bertz CT molecular complexity index is 570. The third-order valence-electron chi connectivity index (χ3n) is 5.53. The summed E-state index contributed by atoms with van der Waals surface area (Å²) in [6.45, 7) is 4.21. The minimum Gasteiger partial charge on any atom is -0.383 e. The zero-order valence-corrected chi connectivity index (χ0v) is 14.5. The molecule has 4 nitrogen and oxygen atoms in total. The second-order valence-electron chi connectivity index (χ2n) is 7.02. The van der Waals surface area contributed by atoms with E-state index < -0.39 is 0 Å². The molecule has 3 rings (SSSR count). The van der Waals surface area contributed by atoms with Crippen LogP contribution >= 0.6 is 0 Å². The van der Waals surface area contributed by atoms with E-state index in [1.807, 2.05) is 11.0 Å². The van der Waals surface area contributed by atoms with Gasteiger partial charge in [-0.05, 0) is 43.4 Å². The van der Waals surface area contributed by atoms with E-state index in [9.17, 15) is 9.18 Å². The Hall–Kier alpha value is -1.46. The third kappa shape index (κ3) is 3.78. The maximum Gasteiger partial charge on any atom is 0.223 e. The number of likely N-dealkylation sites (tertiary alicyclic amines) is 2. The summed E-state index contributed by atoms with van der Waals surface area (Å²) in [6.07, 6.45) is 4.64. The molecular weight excluding hydrogens is 307 g/mol. The lowest BCUT2D eigenvalue weighted by molar-refractivity contribution is -0.146. The lowest BCUT2D eigenvalue weighted by Crippen LogP contribution is -2.59. The number of amides is 1. The van der Waals surface area contributed by atoms with E-state index in [4.69, 9.17) is 4.74 Å². The van der Waals surface area contributed by atoms with Gasteiger partial charge in [0.15, 0.2) is 0 Å². The van der Waals surface area contributed by atoms with Crippen molar-refractivity contribution in [2.75, 3.05) is 33.4 Å². The van der Waals surface area contributed by atoms with E-state index in [2.05, 4.69) is 4.90 Å². The molecule has 2 heterocycles. The van der Waals surface area contributed by atoms with Crippen molar-refractivity contribution < 1.29 is 13.9 Å². The van der Waals surface area contributed by atoms with Gasteiger partial charge in [-0.25, -0.2) is 4.39 Å². The number of nitrogens with zero attached hydrogens (tertiary/aromatic N) is 2. The summed E-state index contributed by atoms with van der Waals surface area (Å²) in [6, 6.07) is 6.63. The Morgan fingerprint density at radius 2 is 2.04 bits per heavy atom. The van der Waals surface area contributed by atoms with Crippen molar-refractivity contribution in [3.05, 3.63) is 35.6 Å². The maximum atomic E-state index is 13.5. The van der Waals surface area contributed by atoms with Crippen LogP contribution in [0.25, 0.3) is 0 Å². The topological polar surface area (TPSA) is 32.8 Å². The monoisotopic (exact) mass is 334 g/mol. The van der Waals surface area contributed by atoms with Crippen molar-refractivity contribution in [2.24, 2.45) is 0 Å². The number of hydrogen-bond donors (Lipinski definition) is 0. The lowest BCUT2D eigenvalue weighted by Gasteiger charge is -2.51. The predicted molar refractivity (Wildman–Crippen MR) is 91.1 cm³/mol. The number of rotatable bonds is 5. The SMILES string of the molecule is COCCN1CCC2(CCCC(=O)N2Cc2cccc(F)c2)CC1. The van der Waals surface area contributed by atoms with Crippen LogP contribution in [0.5, 0.6) is 0 Å². The van der Waals surface area contributed by atoms with E-state index in [0.717, 1.165) is 57.5 Å². The Labute approximate surface area is 143 Å². The molecule has 132 valence electrons. The smallest absolute Gasteiger partial charge is 0.223 e. The second kappa shape index (κ2) is 7.62. The lowest BCUT2D eigenvalue weighted by atomic mass is 9.78. The molecule has 1 aromatic rings. The second-order valence-corrected chi connectivity index (χ2v) is 7.02. The molecule has 0 radical (unpaired) electrons. The molecule has 5 heteroatoms. The minimum atomic E-state index is -0.236. The van der Waals surface area contributed by atoms with Crippen LogP contribution in [0.2, 0.25) is 0 Å². The zero-order chi connectivity index (χ0) is 17.0. The number of carbonyl (C=O) groups is 1. The average Bonchev–Trinajstić information content (AvgIpc) is 2.58. The molecule has 1 amide bonds. The van der Waals surface area contributed by atoms with Crippen LogP contribution in [0.4, 0.5) is 4.39 Å². The van der Waals surface area contributed by atoms with Crippen LogP contribution in [0.3, 0.4) is 0 Å². The van der Waals surface area contributed by atoms with Crippen molar-refractivity contribution in [2.45, 2.75) is 44.2 Å². The van der Waals surface area contributed by atoms with E-state index in [0.29, 0.717) is 13.0 Å². The predicted octanol–water partition coefficient (Wildman–Crippen LogP) is 2.82. The minimum absolute atomic E-state index is 0.0504. The number of piperidine rings is 2. The van der Waals surface area contributed by atoms with E-state index in [-0.39, 0.29) is 17.3 Å². The molecule has 0 unspecified atom stereocenters. The van der Waals surface area contributed by atoms with Gasteiger partial charge in [-0.1, -0.05) is 12.1 Å². The van der Waals surface area contributed by atoms with Crippen LogP contribution in [0, 0.1) is 5.82 Å². The summed E-state index contributed by atoms with van der Waals surface area (Å²) in [5, 5.41) is 0. The fraction of sp³-hybridized carbons (Fsp3) is 0.632. The number of halogens is 1. The van der Waals surface area contributed by atoms with Gasteiger partial charge in [-0.2, -0.15) is 0 Å². The maximum absolute atomic E-state index is 13.5. The standard InChI is InChI=1S/C19H27FN2O2/c1-24-13-12-21-10-8-19(9-11-21)7-3-6-18(23)22(19)15-16-4-2-5-17(20)14-16/h2,4-5,14H,3,6-13,15H2,1H3. The van der Waals surface area contributed by atoms with Gasteiger partial charge in [0, 0.05) is 45.2 Å². The van der Waals surface area contributed by atoms with Gasteiger partial charge < -0.3 is 14.5 Å². The van der Waals surface area contributed by atoms with Crippen molar-refractivity contribution in [1.82, 2.24) is 9.80 Å². The third-order valence-corrected chi connectivity index (χ3v) is 5.53. The first-order valence-electron chi connectivity index (χ1n) is 8.89. The van der Waals surface area contributed by atoms with Crippen LogP contribution in [-0.2, 0) is 16.1 Å². The van der Waals surface area contributed by atoms with Gasteiger partial charge in [0.1, 0.15) is 5.82 Å². The molecule has 2 aliphatic rings. The van der Waals surface area contributed by atoms with Crippen LogP contribution in [0.1, 0.15) is 37.7 Å². The highest BCUT2D eigenvalue weighted by Crippen LogP contribution is 2.38. The molecular formula is C19H27FN2O2. The molecule has 24 heavy (non-hydrogen) atoms. The van der Waals surface area contributed by atoms with Crippen LogP contribution in [0.15, 0.2) is 24.3 Å². The summed E-state index contributed by atoms with van der Waals surface area (Å²) in [5.74, 6) is -0.0174. The van der Waals surface area contributed by atoms with Crippen molar-refractivity contribution >= 4 is 5.91 Å². The van der Waals surface area contributed by atoms with Gasteiger partial charge in [-0.3, -0.25) is 4.79 Å². The van der Waals surface area contributed by atoms with Gasteiger partial charge in [0.2, 0.25) is 5.91 Å². The fourth-order valence-electron chi connectivity index (χ4n) is 4.11. The molecule has 2 fully saturated rings. The first-order chi connectivity index (χ1) is 11.6. The Balaban J connectivity index is 1.72. The molecule has 0 aromatic heterocycles. The summed E-state index contributed by atoms with van der Waals surface area (Å²) in [4.78, 5) is 17.1. The summed E-state index contributed by atoms with van der Waals surface area (Å²) < 4.78 is 18.7.